The molecular weight excluding hydrogens is 202 g/mol. The number of aliphatic imine (C=N–C) groups is 1. The lowest BCUT2D eigenvalue weighted by Crippen LogP contribution is -2.47. The molecule has 1 aliphatic heterocycles. The van der Waals surface area contributed by atoms with Crippen LogP contribution in [0, 0.1) is 0 Å². The van der Waals surface area contributed by atoms with Crippen LogP contribution in [0.3, 0.4) is 0 Å². The number of hydrogen-bond acceptors (Lipinski definition) is 2. The van der Waals surface area contributed by atoms with Crippen molar-refractivity contribution in [1.82, 2.24) is 10.6 Å². The van der Waals surface area contributed by atoms with Gasteiger partial charge in [-0.2, -0.15) is 0 Å². The molecule has 0 aromatic carbocycles. The lowest BCUT2D eigenvalue weighted by molar-refractivity contribution is 0.117. The van der Waals surface area contributed by atoms with Gasteiger partial charge in [0.15, 0.2) is 5.96 Å². The number of nitrogens with zero attached hydrogens (tertiary/aromatic N) is 1. The molecule has 94 valence electrons. The molecule has 4 heteroatoms. The molecule has 0 bridgehead atoms. The topological polar surface area (TPSA) is 45.7 Å². The molecule has 0 saturated carbocycles. The fourth-order valence-corrected chi connectivity index (χ4v) is 1.64. The minimum absolute atomic E-state index is 0.0392. The van der Waals surface area contributed by atoms with Crippen molar-refractivity contribution in [2.75, 3.05) is 19.7 Å². The predicted molar refractivity (Wildman–Crippen MR) is 67.8 cm³/mol. The molecule has 0 aliphatic carbocycles. The van der Waals surface area contributed by atoms with Gasteiger partial charge in [0.2, 0.25) is 0 Å². The molecule has 0 amide bonds. The monoisotopic (exact) mass is 227 g/mol. The first-order chi connectivity index (χ1) is 7.51. The van der Waals surface area contributed by atoms with Crippen molar-refractivity contribution in [3.63, 3.8) is 0 Å². The number of guanidine groups is 1. The minimum Gasteiger partial charge on any atom is -0.376 e. The zero-order valence-corrected chi connectivity index (χ0v) is 11.0. The van der Waals surface area contributed by atoms with Gasteiger partial charge in [-0.3, -0.25) is 4.99 Å². The van der Waals surface area contributed by atoms with Crippen molar-refractivity contribution in [1.29, 1.82) is 0 Å². The third-order valence-corrected chi connectivity index (χ3v) is 2.31. The fourth-order valence-electron chi connectivity index (χ4n) is 1.64. The molecule has 1 saturated heterocycles. The Morgan fingerprint density at radius 3 is 2.69 bits per heavy atom. The molecule has 0 aromatic heterocycles. The third-order valence-electron chi connectivity index (χ3n) is 2.31. The van der Waals surface area contributed by atoms with Crippen LogP contribution < -0.4 is 10.6 Å². The van der Waals surface area contributed by atoms with Gasteiger partial charge < -0.3 is 15.4 Å². The highest BCUT2D eigenvalue weighted by Gasteiger charge is 2.16. The molecule has 1 atom stereocenters. The summed E-state index contributed by atoms with van der Waals surface area (Å²) in [5, 5.41) is 6.61. The molecule has 0 spiro atoms. The number of nitrogens with one attached hydrogen (secondary N) is 2. The van der Waals surface area contributed by atoms with E-state index in [-0.39, 0.29) is 5.54 Å². The molecule has 1 rings (SSSR count). The Bertz CT molecular complexity index is 227. The van der Waals surface area contributed by atoms with Crippen LogP contribution in [0.1, 0.15) is 40.5 Å². The van der Waals surface area contributed by atoms with Gasteiger partial charge in [-0.05, 0) is 40.5 Å². The lowest BCUT2D eigenvalue weighted by Gasteiger charge is -2.24. The van der Waals surface area contributed by atoms with Gasteiger partial charge >= 0.3 is 0 Å². The summed E-state index contributed by atoms with van der Waals surface area (Å²) >= 11 is 0. The van der Waals surface area contributed by atoms with Crippen molar-refractivity contribution in [2.45, 2.75) is 52.2 Å². The molecule has 4 nitrogen and oxygen atoms in total. The van der Waals surface area contributed by atoms with Crippen molar-refractivity contribution >= 4 is 5.96 Å². The van der Waals surface area contributed by atoms with Crippen LogP contribution in [-0.4, -0.2) is 37.3 Å². The molecule has 0 radical (unpaired) electrons. The second kappa shape index (κ2) is 6.09. The molecule has 1 fully saturated rings. The first-order valence-electron chi connectivity index (χ1n) is 6.19. The first-order valence-corrected chi connectivity index (χ1v) is 6.19. The Labute approximate surface area is 98.9 Å². The normalized spacial score (nSPS) is 22.2. The van der Waals surface area contributed by atoms with Gasteiger partial charge in [-0.1, -0.05) is 0 Å². The maximum Gasteiger partial charge on any atom is 0.191 e. The van der Waals surface area contributed by atoms with Gasteiger partial charge in [0.1, 0.15) is 0 Å². The van der Waals surface area contributed by atoms with E-state index >= 15 is 0 Å². The van der Waals surface area contributed by atoms with E-state index in [1.807, 2.05) is 0 Å². The predicted octanol–water partition coefficient (Wildman–Crippen LogP) is 1.52. The van der Waals surface area contributed by atoms with Crippen LogP contribution in [0.4, 0.5) is 0 Å². The average Bonchev–Trinajstić information content (AvgIpc) is 2.64. The Kier molecular flexibility index (Phi) is 5.06. The summed E-state index contributed by atoms with van der Waals surface area (Å²) in [5.41, 5.74) is 0.0392. The highest BCUT2D eigenvalue weighted by atomic mass is 16.5. The maximum atomic E-state index is 5.55. The SMILES string of the molecule is CCNC(=NCC1CCCO1)NC(C)(C)C. The Balaban J connectivity index is 2.44. The molecule has 1 unspecified atom stereocenters. The van der Waals surface area contributed by atoms with E-state index in [1.54, 1.807) is 0 Å². The van der Waals surface area contributed by atoms with Gasteiger partial charge in [-0.25, -0.2) is 0 Å². The maximum absolute atomic E-state index is 5.55. The second-order valence-electron chi connectivity index (χ2n) is 5.23. The van der Waals surface area contributed by atoms with Gasteiger partial charge in [-0.15, -0.1) is 0 Å². The number of hydrogen-bond donors (Lipinski definition) is 2. The lowest BCUT2D eigenvalue weighted by atomic mass is 10.1. The molecular formula is C12H25N3O. The van der Waals surface area contributed by atoms with Crippen molar-refractivity contribution in [3.05, 3.63) is 0 Å². The van der Waals surface area contributed by atoms with Crippen molar-refractivity contribution < 1.29 is 4.74 Å². The Morgan fingerprint density at radius 2 is 2.19 bits per heavy atom. The summed E-state index contributed by atoms with van der Waals surface area (Å²) in [6.07, 6.45) is 2.62. The van der Waals surface area contributed by atoms with E-state index in [0.717, 1.165) is 32.1 Å². The first kappa shape index (κ1) is 13.3. The van der Waals surface area contributed by atoms with Crippen LogP contribution in [0.5, 0.6) is 0 Å². The van der Waals surface area contributed by atoms with Crippen molar-refractivity contribution in [3.8, 4) is 0 Å². The van der Waals surface area contributed by atoms with Crippen LogP contribution in [0.25, 0.3) is 0 Å². The fraction of sp³-hybridized carbons (Fsp3) is 0.917. The molecule has 16 heavy (non-hydrogen) atoms. The third kappa shape index (κ3) is 5.35. The smallest absolute Gasteiger partial charge is 0.191 e. The van der Waals surface area contributed by atoms with E-state index in [2.05, 4.69) is 43.3 Å². The standard InChI is InChI=1S/C12H25N3O/c1-5-13-11(15-12(2,3)4)14-9-10-7-6-8-16-10/h10H,5-9H2,1-4H3,(H2,13,14,15). The van der Waals surface area contributed by atoms with Crippen LogP contribution >= 0.6 is 0 Å². The van der Waals surface area contributed by atoms with Gasteiger partial charge in [0.25, 0.3) is 0 Å². The largest absolute Gasteiger partial charge is 0.376 e. The number of rotatable bonds is 3. The van der Waals surface area contributed by atoms with Crippen LogP contribution in [-0.2, 0) is 4.74 Å². The van der Waals surface area contributed by atoms with E-state index in [9.17, 15) is 0 Å². The minimum atomic E-state index is 0.0392. The molecule has 0 aromatic rings. The van der Waals surface area contributed by atoms with E-state index < -0.39 is 0 Å². The van der Waals surface area contributed by atoms with E-state index in [0.29, 0.717) is 6.10 Å². The number of ether oxygens (including phenoxy) is 1. The highest BCUT2D eigenvalue weighted by Crippen LogP contribution is 2.11. The summed E-state index contributed by atoms with van der Waals surface area (Å²) in [6.45, 7) is 11.0. The highest BCUT2D eigenvalue weighted by molar-refractivity contribution is 5.80. The second-order valence-corrected chi connectivity index (χ2v) is 5.23. The quantitative estimate of drug-likeness (QED) is 0.567. The van der Waals surface area contributed by atoms with E-state index in [1.165, 1.54) is 6.42 Å². The van der Waals surface area contributed by atoms with Crippen LogP contribution in [0.15, 0.2) is 4.99 Å². The van der Waals surface area contributed by atoms with Gasteiger partial charge in [0.05, 0.1) is 12.6 Å². The molecule has 1 aliphatic rings. The molecule has 1 heterocycles. The van der Waals surface area contributed by atoms with E-state index in [4.69, 9.17) is 4.74 Å². The zero-order valence-electron chi connectivity index (χ0n) is 11.0. The summed E-state index contributed by atoms with van der Waals surface area (Å²) in [7, 11) is 0. The summed E-state index contributed by atoms with van der Waals surface area (Å²) in [5.74, 6) is 0.880. The molecule has 2 N–H and O–H groups in total. The summed E-state index contributed by atoms with van der Waals surface area (Å²) in [4.78, 5) is 4.55. The van der Waals surface area contributed by atoms with Gasteiger partial charge in [0, 0.05) is 18.7 Å². The summed E-state index contributed by atoms with van der Waals surface area (Å²) in [6, 6.07) is 0. The zero-order chi connectivity index (χ0) is 12.0. The average molecular weight is 227 g/mol. The van der Waals surface area contributed by atoms with Crippen LogP contribution in [0.2, 0.25) is 0 Å². The summed E-state index contributed by atoms with van der Waals surface area (Å²) < 4.78 is 5.55. The van der Waals surface area contributed by atoms with Crippen molar-refractivity contribution in [2.24, 2.45) is 4.99 Å². The Hall–Kier alpha value is -0.770. The Morgan fingerprint density at radius 1 is 1.44 bits per heavy atom.